The summed E-state index contributed by atoms with van der Waals surface area (Å²) in [4.78, 5) is 2.37. The SMILES string of the molecule is NCC(c1ccc(F)cc1)N(Cc1ccco1)C1CC1. The minimum absolute atomic E-state index is 0.105. The Labute approximate surface area is 118 Å². The Morgan fingerprint density at radius 2 is 2.00 bits per heavy atom. The van der Waals surface area contributed by atoms with E-state index >= 15 is 0 Å². The largest absolute Gasteiger partial charge is 0.468 e. The van der Waals surface area contributed by atoms with E-state index < -0.39 is 0 Å². The third-order valence-corrected chi connectivity index (χ3v) is 3.81. The molecule has 1 aromatic carbocycles. The maximum Gasteiger partial charge on any atom is 0.123 e. The molecule has 2 N–H and O–H groups in total. The quantitative estimate of drug-likeness (QED) is 0.880. The van der Waals surface area contributed by atoms with Crippen molar-refractivity contribution in [2.75, 3.05) is 6.54 Å². The van der Waals surface area contributed by atoms with E-state index in [4.69, 9.17) is 10.2 Å². The van der Waals surface area contributed by atoms with Gasteiger partial charge in [0.1, 0.15) is 11.6 Å². The predicted octanol–water partition coefficient (Wildman–Crippen LogP) is 3.08. The molecule has 1 unspecified atom stereocenters. The number of furan rings is 1. The van der Waals surface area contributed by atoms with Gasteiger partial charge in [0.25, 0.3) is 0 Å². The van der Waals surface area contributed by atoms with E-state index in [1.807, 2.05) is 24.3 Å². The fourth-order valence-electron chi connectivity index (χ4n) is 2.63. The van der Waals surface area contributed by atoms with Crippen molar-refractivity contribution in [3.8, 4) is 0 Å². The van der Waals surface area contributed by atoms with E-state index in [0.717, 1.165) is 17.9 Å². The second kappa shape index (κ2) is 5.77. The van der Waals surface area contributed by atoms with Crippen molar-refractivity contribution in [2.24, 2.45) is 5.73 Å². The number of rotatable bonds is 6. The Balaban J connectivity index is 1.82. The molecule has 1 aliphatic carbocycles. The lowest BCUT2D eigenvalue weighted by atomic mass is 10.0. The summed E-state index contributed by atoms with van der Waals surface area (Å²) in [6, 6.07) is 11.2. The Bertz CT molecular complexity index is 534. The number of halogens is 1. The van der Waals surface area contributed by atoms with Crippen LogP contribution in [0.4, 0.5) is 4.39 Å². The molecule has 0 spiro atoms. The Morgan fingerprint density at radius 3 is 2.55 bits per heavy atom. The van der Waals surface area contributed by atoms with Crippen molar-refractivity contribution in [1.29, 1.82) is 0 Å². The maximum atomic E-state index is 13.1. The topological polar surface area (TPSA) is 42.4 Å². The highest BCUT2D eigenvalue weighted by atomic mass is 19.1. The second-order valence-electron chi connectivity index (χ2n) is 5.29. The first kappa shape index (κ1) is 13.3. The van der Waals surface area contributed by atoms with E-state index in [1.165, 1.54) is 25.0 Å². The molecule has 1 heterocycles. The van der Waals surface area contributed by atoms with Gasteiger partial charge in [-0.05, 0) is 42.7 Å². The van der Waals surface area contributed by atoms with Crippen molar-refractivity contribution in [1.82, 2.24) is 4.90 Å². The van der Waals surface area contributed by atoms with E-state index in [0.29, 0.717) is 12.6 Å². The van der Waals surface area contributed by atoms with Gasteiger partial charge < -0.3 is 10.2 Å². The molecule has 1 aromatic heterocycles. The molecule has 0 bridgehead atoms. The molecule has 1 fully saturated rings. The van der Waals surface area contributed by atoms with Gasteiger partial charge in [-0.3, -0.25) is 4.90 Å². The molecule has 1 aliphatic rings. The standard InChI is InChI=1S/C16H19FN2O/c17-13-5-3-12(4-6-13)16(10-18)19(14-7-8-14)11-15-2-1-9-20-15/h1-6,9,14,16H,7-8,10-11,18H2. The Hall–Kier alpha value is -1.65. The molecule has 2 aromatic rings. The fourth-order valence-corrected chi connectivity index (χ4v) is 2.63. The lowest BCUT2D eigenvalue weighted by Gasteiger charge is -2.30. The van der Waals surface area contributed by atoms with Gasteiger partial charge in [-0.25, -0.2) is 4.39 Å². The molecule has 1 atom stereocenters. The van der Waals surface area contributed by atoms with Crippen LogP contribution < -0.4 is 5.73 Å². The smallest absolute Gasteiger partial charge is 0.123 e. The summed E-state index contributed by atoms with van der Waals surface area (Å²) in [5, 5.41) is 0. The van der Waals surface area contributed by atoms with Crippen LogP contribution >= 0.6 is 0 Å². The van der Waals surface area contributed by atoms with Crippen LogP contribution in [0.5, 0.6) is 0 Å². The molecule has 4 heteroatoms. The molecule has 20 heavy (non-hydrogen) atoms. The number of nitrogens with zero attached hydrogens (tertiary/aromatic N) is 1. The normalized spacial score (nSPS) is 16.6. The third kappa shape index (κ3) is 2.92. The van der Waals surface area contributed by atoms with E-state index in [2.05, 4.69) is 4.90 Å². The molecule has 3 rings (SSSR count). The molecule has 0 amide bonds. The monoisotopic (exact) mass is 274 g/mol. The van der Waals surface area contributed by atoms with Gasteiger partial charge in [-0.2, -0.15) is 0 Å². The van der Waals surface area contributed by atoms with Gasteiger partial charge in [-0.1, -0.05) is 12.1 Å². The van der Waals surface area contributed by atoms with E-state index in [1.54, 1.807) is 6.26 Å². The molecule has 3 nitrogen and oxygen atoms in total. The molecule has 106 valence electrons. The number of benzene rings is 1. The summed E-state index contributed by atoms with van der Waals surface area (Å²) in [6.07, 6.45) is 4.08. The van der Waals surface area contributed by atoms with E-state index in [9.17, 15) is 4.39 Å². The predicted molar refractivity (Wildman–Crippen MR) is 75.5 cm³/mol. The van der Waals surface area contributed by atoms with Crippen LogP contribution in [0.1, 0.15) is 30.2 Å². The van der Waals surface area contributed by atoms with Crippen molar-refractivity contribution < 1.29 is 8.81 Å². The summed E-state index contributed by atoms with van der Waals surface area (Å²) < 4.78 is 18.5. The fraction of sp³-hybridized carbons (Fsp3) is 0.375. The van der Waals surface area contributed by atoms with Crippen LogP contribution in [-0.4, -0.2) is 17.5 Å². The number of hydrogen-bond acceptors (Lipinski definition) is 3. The van der Waals surface area contributed by atoms with Gasteiger partial charge >= 0.3 is 0 Å². The third-order valence-electron chi connectivity index (χ3n) is 3.81. The first-order valence-corrected chi connectivity index (χ1v) is 7.01. The summed E-state index contributed by atoms with van der Waals surface area (Å²) in [5.74, 6) is 0.728. The van der Waals surface area contributed by atoms with Crippen LogP contribution in [0.2, 0.25) is 0 Å². The highest BCUT2D eigenvalue weighted by molar-refractivity contribution is 5.21. The zero-order valence-corrected chi connectivity index (χ0v) is 11.3. The van der Waals surface area contributed by atoms with Gasteiger partial charge in [0.05, 0.1) is 12.8 Å². The second-order valence-corrected chi connectivity index (χ2v) is 5.29. The van der Waals surface area contributed by atoms with Gasteiger partial charge in [0.15, 0.2) is 0 Å². The van der Waals surface area contributed by atoms with Gasteiger partial charge in [-0.15, -0.1) is 0 Å². The van der Waals surface area contributed by atoms with Crippen molar-refractivity contribution in [3.63, 3.8) is 0 Å². The van der Waals surface area contributed by atoms with Crippen molar-refractivity contribution in [3.05, 3.63) is 59.8 Å². The minimum Gasteiger partial charge on any atom is -0.468 e. The van der Waals surface area contributed by atoms with Crippen molar-refractivity contribution >= 4 is 0 Å². The molecule has 0 saturated heterocycles. The van der Waals surface area contributed by atoms with E-state index in [-0.39, 0.29) is 11.9 Å². The highest BCUT2D eigenvalue weighted by Gasteiger charge is 2.34. The van der Waals surface area contributed by atoms with Crippen molar-refractivity contribution in [2.45, 2.75) is 31.5 Å². The molecule has 0 radical (unpaired) electrons. The molecule has 1 saturated carbocycles. The summed E-state index contributed by atoms with van der Waals surface area (Å²) >= 11 is 0. The Morgan fingerprint density at radius 1 is 1.25 bits per heavy atom. The molecule has 0 aliphatic heterocycles. The van der Waals surface area contributed by atoms with Crippen LogP contribution in [0.15, 0.2) is 47.1 Å². The summed E-state index contributed by atoms with van der Waals surface area (Å²) in [6.45, 7) is 1.26. The maximum absolute atomic E-state index is 13.1. The lowest BCUT2D eigenvalue weighted by Crippen LogP contribution is -2.35. The van der Waals surface area contributed by atoms with Crippen LogP contribution in [-0.2, 0) is 6.54 Å². The van der Waals surface area contributed by atoms with Gasteiger partial charge in [0, 0.05) is 18.6 Å². The Kier molecular flexibility index (Phi) is 3.85. The molecular formula is C16H19FN2O. The van der Waals surface area contributed by atoms with Crippen LogP contribution in [0, 0.1) is 5.82 Å². The zero-order valence-electron chi connectivity index (χ0n) is 11.3. The zero-order chi connectivity index (χ0) is 13.9. The number of nitrogens with two attached hydrogens (primary N) is 1. The first-order chi connectivity index (χ1) is 9.78. The lowest BCUT2D eigenvalue weighted by molar-refractivity contribution is 0.168. The average molecular weight is 274 g/mol. The average Bonchev–Trinajstić information content (AvgIpc) is 3.18. The first-order valence-electron chi connectivity index (χ1n) is 7.01. The van der Waals surface area contributed by atoms with Crippen LogP contribution in [0.25, 0.3) is 0 Å². The highest BCUT2D eigenvalue weighted by Crippen LogP contribution is 2.35. The van der Waals surface area contributed by atoms with Gasteiger partial charge in [0.2, 0.25) is 0 Å². The molecular weight excluding hydrogens is 255 g/mol. The van der Waals surface area contributed by atoms with Crippen LogP contribution in [0.3, 0.4) is 0 Å². The number of hydrogen-bond donors (Lipinski definition) is 1. The summed E-state index contributed by atoms with van der Waals surface area (Å²) in [7, 11) is 0. The summed E-state index contributed by atoms with van der Waals surface area (Å²) in [5.41, 5.74) is 7.03. The minimum atomic E-state index is -0.214.